The predicted octanol–water partition coefficient (Wildman–Crippen LogP) is 2.36. The van der Waals surface area contributed by atoms with Crippen LogP contribution in [0.15, 0.2) is 42.7 Å². The van der Waals surface area contributed by atoms with Gasteiger partial charge in [-0.15, -0.1) is 0 Å². The molecule has 0 spiro atoms. The molecular formula is C11H7ClN2O. The van der Waals surface area contributed by atoms with Gasteiger partial charge < -0.3 is 0 Å². The van der Waals surface area contributed by atoms with E-state index in [9.17, 15) is 4.79 Å². The molecule has 1 aromatic heterocycles. The summed E-state index contributed by atoms with van der Waals surface area (Å²) in [5.74, 6) is -0.00732. The quantitative estimate of drug-likeness (QED) is 0.727. The Morgan fingerprint density at radius 3 is 2.27 bits per heavy atom. The number of carbonyl (C=O) groups is 1. The molecule has 2 rings (SSSR count). The molecule has 1 heterocycles. The minimum absolute atomic E-state index is 0.194. The van der Waals surface area contributed by atoms with E-state index in [1.165, 1.54) is 12.4 Å². The number of benzene rings is 1. The van der Waals surface area contributed by atoms with Gasteiger partial charge in [0.1, 0.15) is 0 Å². The molecule has 1 aromatic carbocycles. The highest BCUT2D eigenvalue weighted by Gasteiger charge is 2.10. The van der Waals surface area contributed by atoms with Gasteiger partial charge in [-0.2, -0.15) is 0 Å². The van der Waals surface area contributed by atoms with E-state index in [-0.39, 0.29) is 11.6 Å². The fraction of sp³-hybridized carbons (Fsp3) is 0. The Labute approximate surface area is 91.8 Å². The zero-order valence-electron chi connectivity index (χ0n) is 7.72. The van der Waals surface area contributed by atoms with E-state index in [2.05, 4.69) is 9.97 Å². The van der Waals surface area contributed by atoms with Gasteiger partial charge in [-0.05, 0) is 30.3 Å². The molecule has 2 aromatic rings. The van der Waals surface area contributed by atoms with Crippen LogP contribution in [0.2, 0.25) is 5.02 Å². The van der Waals surface area contributed by atoms with Crippen molar-refractivity contribution in [3.63, 3.8) is 0 Å². The number of ketones is 1. The van der Waals surface area contributed by atoms with Gasteiger partial charge in [-0.3, -0.25) is 4.79 Å². The molecule has 0 saturated carbocycles. The van der Waals surface area contributed by atoms with E-state index < -0.39 is 0 Å². The van der Waals surface area contributed by atoms with Gasteiger partial charge in [0.15, 0.2) is 0 Å². The summed E-state index contributed by atoms with van der Waals surface area (Å²) in [5.41, 5.74) is 0.533. The molecule has 0 N–H and O–H groups in total. The number of halogens is 1. The Morgan fingerprint density at radius 2 is 1.67 bits per heavy atom. The standard InChI is InChI=1S/C11H7ClN2O/c12-9-4-2-8(3-5-9)10(15)11-13-6-1-7-14-11/h1-7H. The van der Waals surface area contributed by atoms with Crippen molar-refractivity contribution in [3.8, 4) is 0 Å². The summed E-state index contributed by atoms with van der Waals surface area (Å²) in [5, 5.41) is 0.598. The second-order valence-corrected chi connectivity index (χ2v) is 3.34. The second-order valence-electron chi connectivity index (χ2n) is 2.91. The van der Waals surface area contributed by atoms with Crippen molar-refractivity contribution in [1.82, 2.24) is 9.97 Å². The Morgan fingerprint density at radius 1 is 1.07 bits per heavy atom. The van der Waals surface area contributed by atoms with Crippen molar-refractivity contribution < 1.29 is 4.79 Å². The molecule has 0 amide bonds. The fourth-order valence-electron chi connectivity index (χ4n) is 1.15. The first kappa shape index (κ1) is 9.80. The van der Waals surface area contributed by atoms with Crippen LogP contribution in [-0.4, -0.2) is 15.8 Å². The average Bonchev–Trinajstić information content (AvgIpc) is 2.30. The van der Waals surface area contributed by atoms with Crippen molar-refractivity contribution in [3.05, 3.63) is 59.1 Å². The maximum Gasteiger partial charge on any atom is 0.230 e. The third-order valence-electron chi connectivity index (χ3n) is 1.88. The van der Waals surface area contributed by atoms with Gasteiger partial charge in [0, 0.05) is 23.0 Å². The van der Waals surface area contributed by atoms with E-state index in [0.717, 1.165) is 0 Å². The lowest BCUT2D eigenvalue weighted by molar-refractivity contribution is 0.102. The monoisotopic (exact) mass is 218 g/mol. The van der Waals surface area contributed by atoms with E-state index in [1.54, 1.807) is 30.3 Å². The third kappa shape index (κ3) is 2.19. The van der Waals surface area contributed by atoms with Gasteiger partial charge in [0.05, 0.1) is 0 Å². The number of nitrogens with zero attached hydrogens (tertiary/aromatic N) is 2. The molecule has 74 valence electrons. The van der Waals surface area contributed by atoms with E-state index in [1.807, 2.05) is 0 Å². The van der Waals surface area contributed by atoms with Crippen LogP contribution in [0.1, 0.15) is 16.2 Å². The summed E-state index contributed by atoms with van der Waals surface area (Å²) >= 11 is 5.72. The van der Waals surface area contributed by atoms with E-state index >= 15 is 0 Å². The zero-order chi connectivity index (χ0) is 10.7. The van der Waals surface area contributed by atoms with E-state index in [4.69, 9.17) is 11.6 Å². The Hall–Kier alpha value is -1.74. The molecular weight excluding hydrogens is 212 g/mol. The summed E-state index contributed by atoms with van der Waals surface area (Å²) in [6.45, 7) is 0. The molecule has 0 radical (unpaired) electrons. The molecule has 0 unspecified atom stereocenters. The molecule has 4 heteroatoms. The normalized spacial score (nSPS) is 9.93. The van der Waals surface area contributed by atoms with Crippen LogP contribution >= 0.6 is 11.6 Å². The average molecular weight is 219 g/mol. The minimum Gasteiger partial charge on any atom is -0.285 e. The van der Waals surface area contributed by atoms with Crippen LogP contribution in [0.3, 0.4) is 0 Å². The lowest BCUT2D eigenvalue weighted by atomic mass is 10.1. The largest absolute Gasteiger partial charge is 0.285 e. The highest BCUT2D eigenvalue weighted by atomic mass is 35.5. The molecule has 0 aliphatic carbocycles. The van der Waals surface area contributed by atoms with Gasteiger partial charge in [0.2, 0.25) is 11.6 Å². The predicted molar refractivity (Wildman–Crippen MR) is 56.9 cm³/mol. The van der Waals surface area contributed by atoms with Gasteiger partial charge in [0.25, 0.3) is 0 Å². The van der Waals surface area contributed by atoms with Crippen LogP contribution in [0, 0.1) is 0 Å². The summed E-state index contributed by atoms with van der Waals surface area (Å²) in [7, 11) is 0. The van der Waals surface area contributed by atoms with Crippen molar-refractivity contribution in [2.24, 2.45) is 0 Å². The summed E-state index contributed by atoms with van der Waals surface area (Å²) < 4.78 is 0. The minimum atomic E-state index is -0.202. The molecule has 3 nitrogen and oxygen atoms in total. The van der Waals surface area contributed by atoms with E-state index in [0.29, 0.717) is 10.6 Å². The van der Waals surface area contributed by atoms with Crippen molar-refractivity contribution in [2.45, 2.75) is 0 Å². The fourth-order valence-corrected chi connectivity index (χ4v) is 1.27. The van der Waals surface area contributed by atoms with Crippen LogP contribution in [0.4, 0.5) is 0 Å². The first-order chi connectivity index (χ1) is 7.27. The topological polar surface area (TPSA) is 42.9 Å². The van der Waals surface area contributed by atoms with Crippen LogP contribution in [-0.2, 0) is 0 Å². The highest BCUT2D eigenvalue weighted by molar-refractivity contribution is 6.30. The first-order valence-electron chi connectivity index (χ1n) is 4.34. The van der Waals surface area contributed by atoms with Gasteiger partial charge in [-0.1, -0.05) is 11.6 Å². The highest BCUT2D eigenvalue weighted by Crippen LogP contribution is 2.11. The van der Waals surface area contributed by atoms with Crippen molar-refractivity contribution in [1.29, 1.82) is 0 Å². The number of aromatic nitrogens is 2. The zero-order valence-corrected chi connectivity index (χ0v) is 8.48. The smallest absolute Gasteiger partial charge is 0.230 e. The first-order valence-corrected chi connectivity index (χ1v) is 4.72. The molecule has 0 aliphatic rings. The Kier molecular flexibility index (Phi) is 2.74. The summed E-state index contributed by atoms with van der Waals surface area (Å²) in [6.07, 6.45) is 3.08. The Bertz CT molecular complexity index is 468. The molecule has 0 bridgehead atoms. The number of carbonyl (C=O) groups excluding carboxylic acids is 1. The molecule has 0 atom stereocenters. The number of hydrogen-bond donors (Lipinski definition) is 0. The van der Waals surface area contributed by atoms with Crippen LogP contribution in [0.25, 0.3) is 0 Å². The summed E-state index contributed by atoms with van der Waals surface area (Å²) in [6, 6.07) is 8.30. The summed E-state index contributed by atoms with van der Waals surface area (Å²) in [4.78, 5) is 19.6. The lowest BCUT2D eigenvalue weighted by Gasteiger charge is -1.98. The van der Waals surface area contributed by atoms with Crippen molar-refractivity contribution in [2.75, 3.05) is 0 Å². The SMILES string of the molecule is O=C(c1ccc(Cl)cc1)c1ncccn1. The maximum atomic E-state index is 11.8. The van der Waals surface area contributed by atoms with Gasteiger partial charge in [-0.25, -0.2) is 9.97 Å². The van der Waals surface area contributed by atoms with Crippen LogP contribution < -0.4 is 0 Å². The van der Waals surface area contributed by atoms with Crippen LogP contribution in [0.5, 0.6) is 0 Å². The number of rotatable bonds is 2. The Balaban J connectivity index is 2.33. The third-order valence-corrected chi connectivity index (χ3v) is 2.13. The molecule has 0 aliphatic heterocycles. The second kappa shape index (κ2) is 4.19. The molecule has 0 saturated heterocycles. The molecule has 15 heavy (non-hydrogen) atoms. The number of hydrogen-bond acceptors (Lipinski definition) is 3. The lowest BCUT2D eigenvalue weighted by Crippen LogP contribution is -2.05. The molecule has 0 fully saturated rings. The van der Waals surface area contributed by atoms with Gasteiger partial charge >= 0.3 is 0 Å². The van der Waals surface area contributed by atoms with Crippen molar-refractivity contribution >= 4 is 17.4 Å². The maximum absolute atomic E-state index is 11.8.